The van der Waals surface area contributed by atoms with E-state index >= 15 is 0 Å². The molecule has 0 saturated carbocycles. The molecule has 3 atom stereocenters. The maximum Gasteiger partial charge on any atom is 0.246 e. The molecule has 2 saturated heterocycles. The molecule has 0 aromatic heterocycles. The monoisotopic (exact) mass is 324 g/mol. The van der Waals surface area contributed by atoms with Gasteiger partial charge in [-0.1, -0.05) is 13.8 Å². The fraction of sp³-hybridized carbons (Fsp3) is 0.733. The van der Waals surface area contributed by atoms with Gasteiger partial charge in [0.2, 0.25) is 23.6 Å². The van der Waals surface area contributed by atoms with E-state index in [0.717, 1.165) is 6.42 Å². The lowest BCUT2D eigenvalue weighted by atomic mass is 10.0. The molecule has 4 N–H and O–H groups in total. The van der Waals surface area contributed by atoms with E-state index in [-0.39, 0.29) is 23.6 Å². The van der Waals surface area contributed by atoms with Crippen LogP contribution in [0.1, 0.15) is 39.5 Å². The SMILES string of the molecule is CC(C)[C@@H](NC(=O)[C@H]1CCC(=O)N1)C(=O)N1CCC[C@@H]1C(N)=O. The van der Waals surface area contributed by atoms with Crippen LogP contribution >= 0.6 is 0 Å². The minimum Gasteiger partial charge on any atom is -0.368 e. The van der Waals surface area contributed by atoms with Crippen LogP contribution in [0.4, 0.5) is 0 Å². The van der Waals surface area contributed by atoms with Crippen molar-refractivity contribution in [2.45, 2.75) is 57.7 Å². The fourth-order valence-corrected chi connectivity index (χ4v) is 3.08. The molecule has 0 radical (unpaired) electrons. The van der Waals surface area contributed by atoms with Gasteiger partial charge < -0.3 is 21.3 Å². The summed E-state index contributed by atoms with van der Waals surface area (Å²) < 4.78 is 0. The second-order valence-corrected chi connectivity index (χ2v) is 6.48. The van der Waals surface area contributed by atoms with Crippen LogP contribution in [0.5, 0.6) is 0 Å². The molecule has 0 unspecified atom stereocenters. The van der Waals surface area contributed by atoms with E-state index in [0.29, 0.717) is 25.8 Å². The Morgan fingerprint density at radius 3 is 2.52 bits per heavy atom. The van der Waals surface area contributed by atoms with Crippen LogP contribution in [0.2, 0.25) is 0 Å². The first kappa shape index (κ1) is 17.2. The van der Waals surface area contributed by atoms with Crippen LogP contribution in [0.15, 0.2) is 0 Å². The van der Waals surface area contributed by atoms with Crippen LogP contribution in [0, 0.1) is 5.92 Å². The molecule has 23 heavy (non-hydrogen) atoms. The number of carbonyl (C=O) groups is 4. The number of rotatable bonds is 5. The Kier molecular flexibility index (Phi) is 5.23. The summed E-state index contributed by atoms with van der Waals surface area (Å²) in [5.41, 5.74) is 5.35. The zero-order valence-electron chi connectivity index (χ0n) is 13.5. The molecule has 0 aromatic rings. The molecule has 2 heterocycles. The summed E-state index contributed by atoms with van der Waals surface area (Å²) in [4.78, 5) is 49.1. The molecule has 0 bridgehead atoms. The van der Waals surface area contributed by atoms with Gasteiger partial charge in [0.05, 0.1) is 0 Å². The Bertz CT molecular complexity index is 520. The van der Waals surface area contributed by atoms with E-state index < -0.39 is 24.0 Å². The van der Waals surface area contributed by atoms with Crippen molar-refractivity contribution in [2.75, 3.05) is 6.54 Å². The van der Waals surface area contributed by atoms with Crippen LogP contribution in [-0.4, -0.2) is 53.2 Å². The molecule has 0 aliphatic carbocycles. The summed E-state index contributed by atoms with van der Waals surface area (Å²) in [6.45, 7) is 4.11. The average molecular weight is 324 g/mol. The first-order chi connectivity index (χ1) is 10.8. The van der Waals surface area contributed by atoms with Gasteiger partial charge in [0, 0.05) is 13.0 Å². The average Bonchev–Trinajstić information content (AvgIpc) is 3.11. The molecular weight excluding hydrogens is 300 g/mol. The number of carbonyl (C=O) groups excluding carboxylic acids is 4. The maximum absolute atomic E-state index is 12.7. The number of nitrogens with one attached hydrogen (secondary N) is 2. The first-order valence-corrected chi connectivity index (χ1v) is 8.00. The number of nitrogens with two attached hydrogens (primary N) is 1. The highest BCUT2D eigenvalue weighted by Crippen LogP contribution is 2.20. The van der Waals surface area contributed by atoms with Crippen molar-refractivity contribution in [3.05, 3.63) is 0 Å². The quantitative estimate of drug-likeness (QED) is 0.593. The van der Waals surface area contributed by atoms with Crippen molar-refractivity contribution >= 4 is 23.6 Å². The predicted octanol–water partition coefficient (Wildman–Crippen LogP) is -1.12. The normalized spacial score (nSPS) is 25.3. The van der Waals surface area contributed by atoms with Gasteiger partial charge in [-0.05, 0) is 25.2 Å². The largest absolute Gasteiger partial charge is 0.368 e. The Labute approximate surface area is 135 Å². The smallest absolute Gasteiger partial charge is 0.246 e. The van der Waals surface area contributed by atoms with Crippen LogP contribution in [0.25, 0.3) is 0 Å². The van der Waals surface area contributed by atoms with Gasteiger partial charge in [-0.25, -0.2) is 0 Å². The molecular formula is C15H24N4O4. The van der Waals surface area contributed by atoms with E-state index in [9.17, 15) is 19.2 Å². The molecule has 4 amide bonds. The second kappa shape index (κ2) is 6.97. The van der Waals surface area contributed by atoms with Crippen molar-refractivity contribution in [1.29, 1.82) is 0 Å². The highest BCUT2D eigenvalue weighted by atomic mass is 16.2. The third-order valence-corrected chi connectivity index (χ3v) is 4.41. The number of nitrogens with zero attached hydrogens (tertiary/aromatic N) is 1. The third-order valence-electron chi connectivity index (χ3n) is 4.41. The highest BCUT2D eigenvalue weighted by molar-refractivity contribution is 5.95. The molecule has 128 valence electrons. The van der Waals surface area contributed by atoms with Crippen LogP contribution in [-0.2, 0) is 19.2 Å². The van der Waals surface area contributed by atoms with Crippen molar-refractivity contribution in [3.63, 3.8) is 0 Å². The zero-order valence-corrected chi connectivity index (χ0v) is 13.5. The van der Waals surface area contributed by atoms with Gasteiger partial charge in [0.1, 0.15) is 18.1 Å². The lowest BCUT2D eigenvalue weighted by molar-refractivity contribution is -0.141. The summed E-state index contributed by atoms with van der Waals surface area (Å²) in [5, 5.41) is 5.30. The Morgan fingerprint density at radius 1 is 1.30 bits per heavy atom. The minimum absolute atomic E-state index is 0.141. The van der Waals surface area contributed by atoms with Gasteiger partial charge in [-0.15, -0.1) is 0 Å². The number of hydrogen-bond donors (Lipinski definition) is 3. The summed E-state index contributed by atoms with van der Waals surface area (Å²) in [6.07, 6.45) is 2.01. The van der Waals surface area contributed by atoms with E-state index in [1.807, 2.05) is 13.8 Å². The predicted molar refractivity (Wildman–Crippen MR) is 81.9 cm³/mol. The second-order valence-electron chi connectivity index (χ2n) is 6.48. The molecule has 2 aliphatic rings. The summed E-state index contributed by atoms with van der Waals surface area (Å²) >= 11 is 0. The zero-order chi connectivity index (χ0) is 17.1. The standard InChI is InChI=1S/C15H24N4O4/c1-8(2)12(18-14(22)9-5-6-11(20)17-9)15(23)19-7-3-4-10(19)13(16)21/h8-10,12H,3-7H2,1-2H3,(H2,16,21)(H,17,20)(H,18,22)/t9-,10-,12-/m1/s1. The van der Waals surface area contributed by atoms with E-state index in [1.165, 1.54) is 4.90 Å². The van der Waals surface area contributed by atoms with Crippen molar-refractivity contribution in [3.8, 4) is 0 Å². The van der Waals surface area contributed by atoms with Gasteiger partial charge in [-0.3, -0.25) is 19.2 Å². The summed E-state index contributed by atoms with van der Waals surface area (Å²) in [6, 6.07) is -1.94. The van der Waals surface area contributed by atoms with Crippen molar-refractivity contribution < 1.29 is 19.2 Å². The van der Waals surface area contributed by atoms with Crippen molar-refractivity contribution in [2.24, 2.45) is 11.7 Å². The molecule has 2 fully saturated rings. The topological polar surface area (TPSA) is 122 Å². The number of hydrogen-bond acceptors (Lipinski definition) is 4. The van der Waals surface area contributed by atoms with Gasteiger partial charge >= 0.3 is 0 Å². The lowest BCUT2D eigenvalue weighted by Gasteiger charge is -2.30. The summed E-state index contributed by atoms with van der Waals surface area (Å²) in [7, 11) is 0. The Balaban J connectivity index is 2.05. The lowest BCUT2D eigenvalue weighted by Crippen LogP contribution is -2.57. The fourth-order valence-electron chi connectivity index (χ4n) is 3.08. The molecule has 0 aromatic carbocycles. The minimum atomic E-state index is -0.736. The van der Waals surface area contributed by atoms with Crippen LogP contribution < -0.4 is 16.4 Å². The number of primary amides is 1. The Morgan fingerprint density at radius 2 is 2.00 bits per heavy atom. The third kappa shape index (κ3) is 3.80. The highest BCUT2D eigenvalue weighted by Gasteiger charge is 2.39. The molecule has 2 rings (SSSR count). The van der Waals surface area contributed by atoms with E-state index in [1.54, 1.807) is 0 Å². The van der Waals surface area contributed by atoms with Gasteiger partial charge in [-0.2, -0.15) is 0 Å². The molecule has 0 spiro atoms. The molecule has 8 heteroatoms. The molecule has 2 aliphatic heterocycles. The summed E-state index contributed by atoms with van der Waals surface area (Å²) in [5.74, 6) is -1.48. The van der Waals surface area contributed by atoms with E-state index in [2.05, 4.69) is 10.6 Å². The van der Waals surface area contributed by atoms with Crippen molar-refractivity contribution in [1.82, 2.24) is 15.5 Å². The maximum atomic E-state index is 12.7. The van der Waals surface area contributed by atoms with E-state index in [4.69, 9.17) is 5.73 Å². The number of amides is 4. The van der Waals surface area contributed by atoms with Crippen LogP contribution in [0.3, 0.4) is 0 Å². The first-order valence-electron chi connectivity index (χ1n) is 8.00. The molecule has 8 nitrogen and oxygen atoms in total. The van der Waals surface area contributed by atoms with Gasteiger partial charge in [0.15, 0.2) is 0 Å². The number of likely N-dealkylation sites (tertiary alicyclic amines) is 1. The Hall–Kier alpha value is -2.12. The van der Waals surface area contributed by atoms with Gasteiger partial charge in [0.25, 0.3) is 0 Å².